The lowest BCUT2D eigenvalue weighted by Gasteiger charge is -2.22. The van der Waals surface area contributed by atoms with E-state index in [4.69, 9.17) is 14.7 Å². The molecule has 0 spiro atoms. The van der Waals surface area contributed by atoms with Gasteiger partial charge in [0.2, 0.25) is 0 Å². The van der Waals surface area contributed by atoms with Crippen LogP contribution < -0.4 is 9.64 Å². The Morgan fingerprint density at radius 3 is 2.57 bits per heavy atom. The number of carbonyl (C=O) groups is 1. The van der Waals surface area contributed by atoms with Gasteiger partial charge < -0.3 is 9.64 Å². The first-order valence-corrected chi connectivity index (χ1v) is 13.7. The van der Waals surface area contributed by atoms with Gasteiger partial charge in [-0.15, -0.1) is 23.7 Å². The summed E-state index contributed by atoms with van der Waals surface area (Å²) in [6, 6.07) is 19.7. The highest BCUT2D eigenvalue weighted by atomic mass is 35.5. The van der Waals surface area contributed by atoms with Crippen LogP contribution in [0.15, 0.2) is 66.0 Å². The lowest BCUT2D eigenvalue weighted by Crippen LogP contribution is -2.33. The summed E-state index contributed by atoms with van der Waals surface area (Å²) < 4.78 is 6.68. The van der Waals surface area contributed by atoms with Crippen molar-refractivity contribution in [2.45, 2.75) is 13.3 Å². The molecule has 0 aliphatic carbocycles. The quantitative estimate of drug-likeness (QED) is 0.197. The second-order valence-corrected chi connectivity index (χ2v) is 10.7. The van der Waals surface area contributed by atoms with Crippen LogP contribution in [0.4, 0.5) is 5.13 Å². The molecule has 0 bridgehead atoms. The lowest BCUT2D eigenvalue weighted by atomic mass is 10.1. The zero-order valence-corrected chi connectivity index (χ0v) is 23.5. The van der Waals surface area contributed by atoms with E-state index < -0.39 is 0 Å². The molecule has 3 aromatic heterocycles. The third kappa shape index (κ3) is 5.93. The van der Waals surface area contributed by atoms with Gasteiger partial charge in [-0.1, -0.05) is 35.6 Å². The third-order valence-electron chi connectivity index (χ3n) is 5.84. The Bertz CT molecular complexity index is 1500. The van der Waals surface area contributed by atoms with E-state index >= 15 is 0 Å². The van der Waals surface area contributed by atoms with E-state index in [0.29, 0.717) is 23.8 Å². The fourth-order valence-electron chi connectivity index (χ4n) is 4.14. The molecule has 192 valence electrons. The summed E-state index contributed by atoms with van der Waals surface area (Å²) in [4.78, 5) is 28.9. The molecule has 0 aliphatic heterocycles. The molecule has 0 saturated carbocycles. The minimum Gasteiger partial charge on any atom is -0.494 e. The fraction of sp³-hybridized carbons (Fsp3) is 0.250. The fourth-order valence-corrected chi connectivity index (χ4v) is 5.85. The number of pyridine rings is 1. The number of para-hydroxylation sites is 1. The number of ether oxygens (including phenoxy) is 1. The molecule has 2 aromatic carbocycles. The number of anilines is 1. The number of aromatic nitrogens is 2. The number of halogens is 1. The maximum Gasteiger partial charge on any atom is 0.260 e. The Morgan fingerprint density at radius 2 is 1.81 bits per heavy atom. The van der Waals surface area contributed by atoms with Crippen molar-refractivity contribution in [1.29, 1.82) is 0 Å². The van der Waals surface area contributed by atoms with Crippen molar-refractivity contribution < 1.29 is 9.53 Å². The van der Waals surface area contributed by atoms with Crippen molar-refractivity contribution in [2.24, 2.45) is 0 Å². The number of hydrogen-bond donors (Lipinski definition) is 0. The molecule has 3 heterocycles. The number of hydrogen-bond acceptors (Lipinski definition) is 7. The van der Waals surface area contributed by atoms with E-state index in [0.717, 1.165) is 50.4 Å². The molecular weight excluding hydrogens is 524 g/mol. The smallest absolute Gasteiger partial charge is 0.260 e. The summed E-state index contributed by atoms with van der Waals surface area (Å²) in [5.41, 5.74) is 3.13. The summed E-state index contributed by atoms with van der Waals surface area (Å²) in [6.07, 6.45) is 0.833. The van der Waals surface area contributed by atoms with Crippen LogP contribution in [0.25, 0.3) is 31.7 Å². The maximum absolute atomic E-state index is 14.2. The Labute approximate surface area is 230 Å². The van der Waals surface area contributed by atoms with Crippen LogP contribution >= 0.6 is 35.1 Å². The number of rotatable bonds is 9. The molecule has 1 amide bonds. The van der Waals surface area contributed by atoms with Crippen molar-refractivity contribution in [1.82, 2.24) is 14.9 Å². The number of benzene rings is 2. The first-order valence-electron chi connectivity index (χ1n) is 12.0. The molecule has 9 heteroatoms. The van der Waals surface area contributed by atoms with Gasteiger partial charge in [-0.2, -0.15) is 0 Å². The number of thiazole rings is 1. The van der Waals surface area contributed by atoms with E-state index in [1.165, 1.54) is 11.3 Å². The van der Waals surface area contributed by atoms with E-state index in [1.54, 1.807) is 11.3 Å². The van der Waals surface area contributed by atoms with Crippen LogP contribution in [-0.2, 0) is 0 Å². The predicted molar refractivity (Wildman–Crippen MR) is 158 cm³/mol. The van der Waals surface area contributed by atoms with E-state index in [2.05, 4.69) is 4.90 Å². The standard InChI is InChI=1S/C28H28N4O2S2.ClH/c1-4-34-19-12-13-23-26(17-19)36-28(30-23)32(15-8-14-31(2)3)27(33)21-18-24(25-11-7-16-35-25)29-22-10-6-5-9-20(21)22;/h5-7,9-13,16-18H,4,8,14-15H2,1-3H3;1H. The summed E-state index contributed by atoms with van der Waals surface area (Å²) in [6.45, 7) is 4.02. The average molecular weight is 553 g/mol. The van der Waals surface area contributed by atoms with Crippen LogP contribution in [-0.4, -0.2) is 54.6 Å². The Morgan fingerprint density at radius 1 is 0.973 bits per heavy atom. The van der Waals surface area contributed by atoms with Crippen molar-refractivity contribution in [3.63, 3.8) is 0 Å². The van der Waals surface area contributed by atoms with Crippen LogP contribution in [0.2, 0.25) is 0 Å². The zero-order valence-electron chi connectivity index (χ0n) is 21.0. The molecule has 0 atom stereocenters. The van der Waals surface area contributed by atoms with Gasteiger partial charge in [-0.05, 0) is 75.8 Å². The van der Waals surface area contributed by atoms with Crippen LogP contribution in [0.3, 0.4) is 0 Å². The van der Waals surface area contributed by atoms with Gasteiger partial charge in [-0.25, -0.2) is 9.97 Å². The largest absolute Gasteiger partial charge is 0.494 e. The van der Waals surface area contributed by atoms with Crippen LogP contribution in [0, 0.1) is 0 Å². The van der Waals surface area contributed by atoms with E-state index in [-0.39, 0.29) is 18.3 Å². The summed E-state index contributed by atoms with van der Waals surface area (Å²) >= 11 is 3.14. The molecular formula is C28H29ClN4O2S2. The average Bonchev–Trinajstić information content (AvgIpc) is 3.56. The van der Waals surface area contributed by atoms with Gasteiger partial charge in [-0.3, -0.25) is 9.69 Å². The molecule has 0 unspecified atom stereocenters. The first kappa shape index (κ1) is 27.0. The summed E-state index contributed by atoms with van der Waals surface area (Å²) in [7, 11) is 4.09. The Hall–Kier alpha value is -3.04. The maximum atomic E-state index is 14.2. The second-order valence-electron chi connectivity index (χ2n) is 8.72. The SMILES string of the molecule is CCOc1ccc2nc(N(CCCN(C)C)C(=O)c3cc(-c4cccs4)nc4ccccc34)sc2c1.Cl. The highest BCUT2D eigenvalue weighted by molar-refractivity contribution is 7.22. The molecule has 5 aromatic rings. The molecule has 37 heavy (non-hydrogen) atoms. The van der Waals surface area contributed by atoms with Crippen LogP contribution in [0.5, 0.6) is 5.75 Å². The number of fused-ring (bicyclic) bond motifs is 2. The Balaban J connectivity index is 0.00000320. The van der Waals surface area contributed by atoms with Crippen LogP contribution in [0.1, 0.15) is 23.7 Å². The molecule has 0 saturated heterocycles. The van der Waals surface area contributed by atoms with Gasteiger partial charge >= 0.3 is 0 Å². The Kier molecular flexibility index (Phi) is 8.76. The minimum atomic E-state index is -0.0609. The first-order chi connectivity index (χ1) is 17.5. The molecule has 0 radical (unpaired) electrons. The number of thiophene rings is 1. The topological polar surface area (TPSA) is 58.6 Å². The number of carbonyl (C=O) groups excluding carboxylic acids is 1. The van der Waals surface area contributed by atoms with E-state index in [9.17, 15) is 4.79 Å². The van der Waals surface area contributed by atoms with Crippen molar-refractivity contribution in [2.75, 3.05) is 38.7 Å². The molecule has 0 aliphatic rings. The monoisotopic (exact) mass is 552 g/mol. The van der Waals surface area contributed by atoms with Crippen molar-refractivity contribution >= 4 is 67.2 Å². The molecule has 6 nitrogen and oxygen atoms in total. The predicted octanol–water partition coefficient (Wildman–Crippen LogP) is 6.99. The van der Waals surface area contributed by atoms with Crippen molar-refractivity contribution in [3.8, 4) is 16.3 Å². The lowest BCUT2D eigenvalue weighted by molar-refractivity contribution is 0.0987. The molecule has 5 rings (SSSR count). The van der Waals surface area contributed by atoms with Gasteiger partial charge in [0.05, 0.1) is 38.5 Å². The summed E-state index contributed by atoms with van der Waals surface area (Å²) in [5.74, 6) is 0.751. The highest BCUT2D eigenvalue weighted by Gasteiger charge is 2.24. The van der Waals surface area contributed by atoms with Gasteiger partial charge in [0.1, 0.15) is 5.75 Å². The van der Waals surface area contributed by atoms with E-state index in [1.807, 2.05) is 92.0 Å². The third-order valence-corrected chi connectivity index (χ3v) is 7.78. The number of nitrogens with zero attached hydrogens (tertiary/aromatic N) is 4. The zero-order chi connectivity index (χ0) is 25.1. The van der Waals surface area contributed by atoms with Crippen molar-refractivity contribution in [3.05, 3.63) is 71.6 Å². The molecule has 0 fully saturated rings. The van der Waals surface area contributed by atoms with Gasteiger partial charge in [0.25, 0.3) is 5.91 Å². The van der Waals surface area contributed by atoms with Gasteiger partial charge in [0, 0.05) is 11.9 Å². The highest BCUT2D eigenvalue weighted by Crippen LogP contribution is 2.34. The molecule has 0 N–H and O–H groups in total. The summed E-state index contributed by atoms with van der Waals surface area (Å²) in [5, 5.41) is 3.57. The normalized spacial score (nSPS) is 11.1. The second kappa shape index (κ2) is 12.0. The number of amides is 1. The minimum absolute atomic E-state index is 0. The van der Waals surface area contributed by atoms with Gasteiger partial charge in [0.15, 0.2) is 5.13 Å².